The summed E-state index contributed by atoms with van der Waals surface area (Å²) in [5, 5.41) is 0. The molecule has 2 heterocycles. The molecule has 2 rings (SSSR count). The largest absolute Gasteiger partial charge is 0.464 e. The second-order valence-corrected chi connectivity index (χ2v) is 4.40. The minimum Gasteiger partial charge on any atom is -0.464 e. The molecule has 2 aromatic rings. The number of imidazole rings is 1. The Labute approximate surface area is 112 Å². The minimum absolute atomic E-state index is 0.110. The number of nitrogen functional groups attached to an aromatic ring is 1. The maximum atomic E-state index is 11.5. The van der Waals surface area contributed by atoms with Crippen molar-refractivity contribution in [1.29, 1.82) is 0 Å². The number of ether oxygens (including phenoxy) is 1. The summed E-state index contributed by atoms with van der Waals surface area (Å²) in [6.07, 6.45) is 3.28. The molecular weight excluding hydrogens is 300 g/mol. The lowest BCUT2D eigenvalue weighted by Crippen LogP contribution is -2.08. The maximum Gasteiger partial charge on any atom is 0.360 e. The third kappa shape index (κ3) is 1.97. The number of carbonyl (C=O) groups is 1. The molecule has 0 aliphatic heterocycles. The minimum atomic E-state index is -0.556. The summed E-state index contributed by atoms with van der Waals surface area (Å²) in [5.41, 5.74) is 6.82. The van der Waals surface area contributed by atoms with E-state index >= 15 is 0 Å². The first-order chi connectivity index (χ1) is 8.56. The van der Waals surface area contributed by atoms with Gasteiger partial charge in [0, 0.05) is 12.4 Å². The van der Waals surface area contributed by atoms with Crippen molar-refractivity contribution in [2.75, 3.05) is 12.8 Å². The highest BCUT2D eigenvalue weighted by molar-refractivity contribution is 9.10. The molecule has 0 unspecified atom stereocenters. The first-order valence-corrected chi connectivity index (χ1v) is 5.88. The van der Waals surface area contributed by atoms with Gasteiger partial charge in [0.25, 0.3) is 0 Å². The van der Waals surface area contributed by atoms with E-state index in [1.165, 1.54) is 7.11 Å². The predicted molar refractivity (Wildman–Crippen MR) is 69.5 cm³/mol. The number of esters is 1. The van der Waals surface area contributed by atoms with Crippen molar-refractivity contribution in [3.63, 3.8) is 0 Å². The Morgan fingerprint density at radius 2 is 2.28 bits per heavy atom. The fourth-order valence-electron chi connectivity index (χ4n) is 1.65. The summed E-state index contributed by atoms with van der Waals surface area (Å²) in [6, 6.07) is 1.77. The summed E-state index contributed by atoms with van der Waals surface area (Å²) >= 11 is 3.38. The van der Waals surface area contributed by atoms with E-state index in [0.29, 0.717) is 5.82 Å². The molecule has 94 valence electrons. The van der Waals surface area contributed by atoms with Crippen LogP contribution in [0.5, 0.6) is 0 Å². The van der Waals surface area contributed by atoms with E-state index in [2.05, 4.69) is 30.6 Å². The van der Waals surface area contributed by atoms with Gasteiger partial charge in [0.1, 0.15) is 11.6 Å². The Morgan fingerprint density at radius 1 is 1.56 bits per heavy atom. The molecule has 0 aromatic carbocycles. The van der Waals surface area contributed by atoms with E-state index < -0.39 is 5.97 Å². The van der Waals surface area contributed by atoms with Crippen molar-refractivity contribution >= 4 is 27.7 Å². The first kappa shape index (κ1) is 12.6. The van der Waals surface area contributed by atoms with E-state index in [9.17, 15) is 4.79 Å². The average Bonchev–Trinajstić information content (AvgIpc) is 2.65. The predicted octanol–water partition coefficient (Wildman–Crippen LogP) is 1.71. The van der Waals surface area contributed by atoms with E-state index in [1.54, 1.807) is 30.0 Å². The van der Waals surface area contributed by atoms with Crippen LogP contribution < -0.4 is 5.73 Å². The quantitative estimate of drug-likeness (QED) is 0.854. The molecule has 0 bridgehead atoms. The van der Waals surface area contributed by atoms with Crippen LogP contribution in [0.15, 0.2) is 22.9 Å². The van der Waals surface area contributed by atoms with Crippen molar-refractivity contribution < 1.29 is 9.53 Å². The number of aromatic nitrogens is 3. The zero-order valence-electron chi connectivity index (χ0n) is 9.85. The highest BCUT2D eigenvalue weighted by Gasteiger charge is 2.20. The highest BCUT2D eigenvalue weighted by Crippen LogP contribution is 2.26. The number of nitrogens with zero attached hydrogens (tertiary/aromatic N) is 3. The van der Waals surface area contributed by atoms with E-state index in [1.807, 2.05) is 0 Å². The van der Waals surface area contributed by atoms with Crippen molar-refractivity contribution in [2.24, 2.45) is 0 Å². The molecule has 0 saturated heterocycles. The van der Waals surface area contributed by atoms with Crippen LogP contribution in [0.4, 0.5) is 5.82 Å². The van der Waals surface area contributed by atoms with Gasteiger partial charge >= 0.3 is 5.97 Å². The van der Waals surface area contributed by atoms with Crippen LogP contribution in [0.2, 0.25) is 0 Å². The van der Waals surface area contributed by atoms with Gasteiger partial charge in [-0.25, -0.2) is 9.78 Å². The third-order valence-electron chi connectivity index (χ3n) is 2.45. The van der Waals surface area contributed by atoms with Gasteiger partial charge in [-0.2, -0.15) is 0 Å². The smallest absolute Gasteiger partial charge is 0.360 e. The molecule has 6 nitrogen and oxygen atoms in total. The number of anilines is 1. The van der Waals surface area contributed by atoms with Crippen molar-refractivity contribution in [3.8, 4) is 5.69 Å². The molecular formula is C11H11BrN4O2. The number of methoxy groups -OCH3 is 1. The molecule has 7 heteroatoms. The van der Waals surface area contributed by atoms with Crippen molar-refractivity contribution in [2.45, 2.75) is 6.92 Å². The summed E-state index contributed by atoms with van der Waals surface area (Å²) in [5.74, 6) is 0.283. The number of hydrogen-bond donors (Lipinski definition) is 1. The molecule has 2 aromatic heterocycles. The number of aryl methyl sites for hydroxylation is 1. The fourth-order valence-corrected chi connectivity index (χ4v) is 2.08. The third-order valence-corrected chi connectivity index (χ3v) is 3.06. The standard InChI is InChI=1S/C11H11BrN4O2/c1-6-15-9(11(17)18-2)10(13)16(6)8-3-4-14-5-7(8)12/h3-5H,13H2,1-2H3. The lowest BCUT2D eigenvalue weighted by atomic mass is 10.3. The zero-order valence-corrected chi connectivity index (χ0v) is 11.4. The van der Waals surface area contributed by atoms with Gasteiger partial charge in [-0.15, -0.1) is 0 Å². The second-order valence-electron chi connectivity index (χ2n) is 3.55. The molecule has 0 radical (unpaired) electrons. The summed E-state index contributed by atoms with van der Waals surface area (Å²) in [6.45, 7) is 1.76. The molecule has 0 spiro atoms. The SMILES string of the molecule is COC(=O)c1nc(C)n(-c2ccncc2Br)c1N. The number of pyridine rings is 1. The monoisotopic (exact) mass is 310 g/mol. The summed E-state index contributed by atoms with van der Waals surface area (Å²) in [7, 11) is 1.29. The van der Waals surface area contributed by atoms with Crippen LogP contribution in [-0.2, 0) is 4.74 Å². The summed E-state index contributed by atoms with van der Waals surface area (Å²) < 4.78 is 7.06. The van der Waals surface area contributed by atoms with Gasteiger partial charge < -0.3 is 10.5 Å². The number of halogens is 1. The Bertz CT molecular complexity index is 609. The van der Waals surface area contributed by atoms with Gasteiger partial charge in [0.05, 0.1) is 17.3 Å². The number of carbonyl (C=O) groups excluding carboxylic acids is 1. The second kappa shape index (κ2) is 4.77. The molecule has 18 heavy (non-hydrogen) atoms. The van der Waals surface area contributed by atoms with Crippen LogP contribution >= 0.6 is 15.9 Å². The van der Waals surface area contributed by atoms with Crippen molar-refractivity contribution in [1.82, 2.24) is 14.5 Å². The maximum absolute atomic E-state index is 11.5. The molecule has 2 N–H and O–H groups in total. The molecule has 0 amide bonds. The molecule has 0 fully saturated rings. The lowest BCUT2D eigenvalue weighted by Gasteiger charge is -2.09. The Balaban J connectivity index is 2.63. The van der Waals surface area contributed by atoms with Crippen LogP contribution in [0.3, 0.4) is 0 Å². The van der Waals surface area contributed by atoms with Gasteiger partial charge in [-0.3, -0.25) is 9.55 Å². The van der Waals surface area contributed by atoms with Crippen LogP contribution in [0, 0.1) is 6.92 Å². The molecule has 0 saturated carbocycles. The topological polar surface area (TPSA) is 83.0 Å². The first-order valence-electron chi connectivity index (χ1n) is 5.09. The van der Waals surface area contributed by atoms with E-state index in [4.69, 9.17) is 5.73 Å². The lowest BCUT2D eigenvalue weighted by molar-refractivity contribution is 0.0596. The van der Waals surface area contributed by atoms with Gasteiger partial charge in [-0.1, -0.05) is 0 Å². The molecule has 0 aliphatic rings. The molecule has 0 aliphatic carbocycles. The highest BCUT2D eigenvalue weighted by atomic mass is 79.9. The Kier molecular flexibility index (Phi) is 3.33. The number of nitrogens with two attached hydrogens (primary N) is 1. The average molecular weight is 311 g/mol. The molecule has 0 atom stereocenters. The van der Waals surface area contributed by atoms with Crippen LogP contribution in [0.1, 0.15) is 16.3 Å². The number of hydrogen-bond acceptors (Lipinski definition) is 5. The van der Waals surface area contributed by atoms with Gasteiger partial charge in [-0.05, 0) is 28.9 Å². The van der Waals surface area contributed by atoms with Gasteiger partial charge in [0.2, 0.25) is 0 Å². The van der Waals surface area contributed by atoms with E-state index in [-0.39, 0.29) is 11.5 Å². The van der Waals surface area contributed by atoms with Crippen molar-refractivity contribution in [3.05, 3.63) is 34.5 Å². The van der Waals surface area contributed by atoms with Gasteiger partial charge in [0.15, 0.2) is 5.69 Å². The van der Waals surface area contributed by atoms with Crippen LogP contribution in [-0.4, -0.2) is 27.6 Å². The zero-order chi connectivity index (χ0) is 13.3. The van der Waals surface area contributed by atoms with E-state index in [0.717, 1.165) is 10.2 Å². The summed E-state index contributed by atoms with van der Waals surface area (Å²) in [4.78, 5) is 19.6. The normalized spacial score (nSPS) is 10.4. The Morgan fingerprint density at radius 3 is 2.89 bits per heavy atom. The number of rotatable bonds is 2. The fraction of sp³-hybridized carbons (Fsp3) is 0.182. The van der Waals surface area contributed by atoms with Crippen LogP contribution in [0.25, 0.3) is 5.69 Å². The Hall–Kier alpha value is -1.89.